The van der Waals surface area contributed by atoms with E-state index in [4.69, 9.17) is 4.74 Å². The summed E-state index contributed by atoms with van der Waals surface area (Å²) in [5.74, 6) is 1.17. The van der Waals surface area contributed by atoms with E-state index in [0.717, 1.165) is 31.9 Å². The minimum Gasteiger partial charge on any atom is -0.497 e. The number of ether oxygens (including phenoxy) is 1. The number of benzene rings is 1. The third-order valence-corrected chi connectivity index (χ3v) is 5.68. The van der Waals surface area contributed by atoms with Crippen LogP contribution in [0.4, 0.5) is 5.69 Å². The van der Waals surface area contributed by atoms with E-state index in [2.05, 4.69) is 21.9 Å². The van der Waals surface area contributed by atoms with Crippen LogP contribution in [-0.4, -0.2) is 68.6 Å². The molecule has 1 amide bonds. The number of methoxy groups -OCH3 is 1. The second kappa shape index (κ2) is 8.56. The van der Waals surface area contributed by atoms with Gasteiger partial charge in [0.15, 0.2) is 0 Å². The van der Waals surface area contributed by atoms with Crippen molar-refractivity contribution in [2.45, 2.75) is 38.1 Å². The van der Waals surface area contributed by atoms with Gasteiger partial charge >= 0.3 is 0 Å². The van der Waals surface area contributed by atoms with E-state index in [1.807, 2.05) is 24.1 Å². The molecule has 25 heavy (non-hydrogen) atoms. The van der Waals surface area contributed by atoms with Crippen LogP contribution >= 0.6 is 0 Å². The number of hydrogen-bond acceptors (Lipinski definition) is 4. The van der Waals surface area contributed by atoms with E-state index in [-0.39, 0.29) is 5.91 Å². The first-order valence-corrected chi connectivity index (χ1v) is 9.54. The lowest BCUT2D eigenvalue weighted by molar-refractivity contribution is -0.133. The van der Waals surface area contributed by atoms with Gasteiger partial charge in [0.05, 0.1) is 13.7 Å². The zero-order valence-electron chi connectivity index (χ0n) is 15.6. The molecule has 2 aliphatic rings. The Morgan fingerprint density at radius 3 is 2.32 bits per heavy atom. The molecule has 1 saturated carbocycles. The number of rotatable bonds is 5. The van der Waals surface area contributed by atoms with Crippen LogP contribution in [0, 0.1) is 0 Å². The maximum Gasteiger partial charge on any atom is 0.236 e. The molecule has 3 rings (SSSR count). The summed E-state index contributed by atoms with van der Waals surface area (Å²) in [4.78, 5) is 19.3. The van der Waals surface area contributed by atoms with Crippen LogP contribution in [0.2, 0.25) is 0 Å². The Labute approximate surface area is 151 Å². The van der Waals surface area contributed by atoms with Crippen molar-refractivity contribution >= 4 is 11.6 Å². The Balaban J connectivity index is 1.46. The Kier molecular flexibility index (Phi) is 6.19. The van der Waals surface area contributed by atoms with Gasteiger partial charge in [0.25, 0.3) is 0 Å². The van der Waals surface area contributed by atoms with Crippen LogP contribution in [0.5, 0.6) is 5.75 Å². The molecule has 0 aromatic heterocycles. The third-order valence-electron chi connectivity index (χ3n) is 5.68. The number of nitrogens with zero attached hydrogens (tertiary/aromatic N) is 3. The van der Waals surface area contributed by atoms with Gasteiger partial charge in [-0.05, 0) is 37.1 Å². The average molecular weight is 345 g/mol. The standard InChI is InChI=1S/C20H31N3O2/c1-21(17-6-4-3-5-7-17)20(24)16-22-12-14-23(15-13-22)18-8-10-19(25-2)11-9-18/h8-11,17H,3-7,12-16H2,1-2H3. The number of likely N-dealkylation sites (N-methyl/N-ethyl adjacent to an activating group) is 1. The molecule has 0 N–H and O–H groups in total. The van der Waals surface area contributed by atoms with E-state index in [9.17, 15) is 4.79 Å². The molecule has 1 heterocycles. The molecule has 1 aromatic carbocycles. The second-order valence-electron chi connectivity index (χ2n) is 7.26. The molecule has 1 aliphatic carbocycles. The minimum absolute atomic E-state index is 0.282. The van der Waals surface area contributed by atoms with E-state index in [1.165, 1.54) is 37.8 Å². The Morgan fingerprint density at radius 1 is 1.08 bits per heavy atom. The number of carbonyl (C=O) groups excluding carboxylic acids is 1. The van der Waals surface area contributed by atoms with E-state index >= 15 is 0 Å². The van der Waals surface area contributed by atoms with Crippen LogP contribution in [-0.2, 0) is 4.79 Å². The number of amides is 1. The first kappa shape index (κ1) is 18.1. The summed E-state index contributed by atoms with van der Waals surface area (Å²) < 4.78 is 5.22. The van der Waals surface area contributed by atoms with Crippen LogP contribution in [0.15, 0.2) is 24.3 Å². The molecule has 1 aromatic rings. The van der Waals surface area contributed by atoms with E-state index in [0.29, 0.717) is 12.6 Å². The van der Waals surface area contributed by atoms with Crippen molar-refractivity contribution in [3.8, 4) is 5.75 Å². The second-order valence-corrected chi connectivity index (χ2v) is 7.26. The molecule has 0 spiro atoms. The molecule has 0 bridgehead atoms. The lowest BCUT2D eigenvalue weighted by Gasteiger charge is -2.37. The lowest BCUT2D eigenvalue weighted by atomic mass is 9.94. The maximum atomic E-state index is 12.6. The fourth-order valence-corrected chi connectivity index (χ4v) is 3.93. The Hall–Kier alpha value is -1.75. The molecule has 1 aliphatic heterocycles. The van der Waals surface area contributed by atoms with Gasteiger partial charge in [-0.1, -0.05) is 19.3 Å². The SMILES string of the molecule is COc1ccc(N2CCN(CC(=O)N(C)C3CCCCC3)CC2)cc1. The van der Waals surface area contributed by atoms with Crippen LogP contribution in [0.3, 0.4) is 0 Å². The highest BCUT2D eigenvalue weighted by molar-refractivity contribution is 5.78. The summed E-state index contributed by atoms with van der Waals surface area (Å²) in [6.07, 6.45) is 6.21. The highest BCUT2D eigenvalue weighted by atomic mass is 16.5. The summed E-state index contributed by atoms with van der Waals surface area (Å²) in [5, 5.41) is 0. The number of carbonyl (C=O) groups is 1. The molecule has 138 valence electrons. The van der Waals surface area contributed by atoms with Gasteiger partial charge in [-0.2, -0.15) is 0 Å². The third kappa shape index (κ3) is 4.66. The summed E-state index contributed by atoms with van der Waals surface area (Å²) in [6, 6.07) is 8.68. The monoisotopic (exact) mass is 345 g/mol. The van der Waals surface area contributed by atoms with Gasteiger partial charge in [0.1, 0.15) is 5.75 Å². The zero-order valence-corrected chi connectivity index (χ0v) is 15.6. The fourth-order valence-electron chi connectivity index (χ4n) is 3.93. The summed E-state index contributed by atoms with van der Waals surface area (Å²) in [5.41, 5.74) is 1.23. The zero-order chi connectivity index (χ0) is 17.6. The van der Waals surface area contributed by atoms with Crippen molar-refractivity contribution in [3.63, 3.8) is 0 Å². The summed E-state index contributed by atoms with van der Waals surface area (Å²) in [6.45, 7) is 4.37. The van der Waals surface area contributed by atoms with Crippen molar-refractivity contribution in [1.29, 1.82) is 0 Å². The molecule has 2 fully saturated rings. The lowest BCUT2D eigenvalue weighted by Crippen LogP contribution is -2.51. The Bertz CT molecular complexity index is 547. The number of piperazine rings is 1. The van der Waals surface area contributed by atoms with E-state index < -0.39 is 0 Å². The fraction of sp³-hybridized carbons (Fsp3) is 0.650. The molecule has 5 heteroatoms. The predicted octanol–water partition coefficient (Wildman–Crippen LogP) is 2.61. The first-order chi connectivity index (χ1) is 12.2. The van der Waals surface area contributed by atoms with Crippen LogP contribution in [0.1, 0.15) is 32.1 Å². The molecule has 1 saturated heterocycles. The summed E-state index contributed by atoms with van der Waals surface area (Å²) in [7, 11) is 3.68. The molecular weight excluding hydrogens is 314 g/mol. The summed E-state index contributed by atoms with van der Waals surface area (Å²) >= 11 is 0. The van der Waals surface area contributed by atoms with Gasteiger partial charge in [-0.3, -0.25) is 9.69 Å². The number of hydrogen-bond donors (Lipinski definition) is 0. The minimum atomic E-state index is 0.282. The van der Waals surface area contributed by atoms with Crippen molar-refractivity contribution in [3.05, 3.63) is 24.3 Å². The van der Waals surface area contributed by atoms with E-state index in [1.54, 1.807) is 7.11 Å². The van der Waals surface area contributed by atoms with Gasteiger partial charge in [-0.25, -0.2) is 0 Å². The van der Waals surface area contributed by atoms with Crippen LogP contribution < -0.4 is 9.64 Å². The molecular formula is C20H31N3O2. The molecule has 0 atom stereocenters. The van der Waals surface area contributed by atoms with Crippen molar-refractivity contribution < 1.29 is 9.53 Å². The van der Waals surface area contributed by atoms with Gasteiger partial charge < -0.3 is 14.5 Å². The molecule has 0 unspecified atom stereocenters. The van der Waals surface area contributed by atoms with Crippen molar-refractivity contribution in [1.82, 2.24) is 9.80 Å². The largest absolute Gasteiger partial charge is 0.497 e. The maximum absolute atomic E-state index is 12.6. The highest BCUT2D eigenvalue weighted by Crippen LogP contribution is 2.23. The first-order valence-electron chi connectivity index (χ1n) is 9.54. The Morgan fingerprint density at radius 2 is 1.72 bits per heavy atom. The highest BCUT2D eigenvalue weighted by Gasteiger charge is 2.25. The predicted molar refractivity (Wildman–Crippen MR) is 101 cm³/mol. The van der Waals surface area contributed by atoms with Gasteiger partial charge in [0.2, 0.25) is 5.91 Å². The molecule has 5 nitrogen and oxygen atoms in total. The van der Waals surface area contributed by atoms with Crippen molar-refractivity contribution in [2.75, 3.05) is 51.8 Å². The quantitative estimate of drug-likeness (QED) is 0.822. The van der Waals surface area contributed by atoms with Gasteiger partial charge in [0, 0.05) is 45.0 Å². The number of anilines is 1. The smallest absolute Gasteiger partial charge is 0.236 e. The molecule has 0 radical (unpaired) electrons. The van der Waals surface area contributed by atoms with Gasteiger partial charge in [-0.15, -0.1) is 0 Å². The van der Waals surface area contributed by atoms with Crippen molar-refractivity contribution in [2.24, 2.45) is 0 Å². The topological polar surface area (TPSA) is 36.0 Å². The average Bonchev–Trinajstić information content (AvgIpc) is 2.68. The normalized spacial score (nSPS) is 19.7. The van der Waals surface area contributed by atoms with Crippen LogP contribution in [0.25, 0.3) is 0 Å².